The molecular weight excluding hydrogens is 282 g/mol. The first kappa shape index (κ1) is 14.7. The monoisotopic (exact) mass is 301 g/mol. The molecule has 116 valence electrons. The second-order valence-electron chi connectivity index (χ2n) is 5.63. The van der Waals surface area contributed by atoms with Crippen LogP contribution in [0.4, 0.5) is 0 Å². The van der Waals surface area contributed by atoms with E-state index in [1.165, 1.54) is 0 Å². The molecule has 0 aliphatic carbocycles. The lowest BCUT2D eigenvalue weighted by molar-refractivity contribution is -0.121. The van der Waals surface area contributed by atoms with Crippen LogP contribution in [0.3, 0.4) is 0 Å². The van der Waals surface area contributed by atoms with Crippen molar-refractivity contribution in [3.63, 3.8) is 0 Å². The third-order valence-corrected chi connectivity index (χ3v) is 4.01. The van der Waals surface area contributed by atoms with Crippen LogP contribution < -0.4 is 10.9 Å². The highest BCUT2D eigenvalue weighted by atomic mass is 16.5. The van der Waals surface area contributed by atoms with Crippen molar-refractivity contribution in [1.82, 2.24) is 15.5 Å². The van der Waals surface area contributed by atoms with Crippen molar-refractivity contribution in [1.29, 1.82) is 0 Å². The summed E-state index contributed by atoms with van der Waals surface area (Å²) in [4.78, 5) is 23.9. The Kier molecular flexibility index (Phi) is 4.20. The van der Waals surface area contributed by atoms with Crippen LogP contribution in [0.2, 0.25) is 0 Å². The number of carbonyl (C=O) groups is 1. The van der Waals surface area contributed by atoms with Crippen LogP contribution >= 0.6 is 0 Å². The minimum Gasteiger partial charge on any atom is -0.376 e. The Morgan fingerprint density at radius 1 is 1.45 bits per heavy atom. The zero-order valence-corrected chi connectivity index (χ0v) is 12.5. The Labute approximate surface area is 127 Å². The van der Waals surface area contributed by atoms with Gasteiger partial charge in [0.05, 0.1) is 29.6 Å². The summed E-state index contributed by atoms with van der Waals surface area (Å²) < 4.78 is 5.57. The quantitative estimate of drug-likeness (QED) is 0.887. The zero-order valence-electron chi connectivity index (χ0n) is 12.5. The second-order valence-corrected chi connectivity index (χ2v) is 5.63. The number of nitrogens with zero attached hydrogens (tertiary/aromatic N) is 1. The van der Waals surface area contributed by atoms with Gasteiger partial charge in [0.25, 0.3) is 5.56 Å². The Hall–Kier alpha value is -2.21. The number of carbonyl (C=O) groups excluding carboxylic acids is 1. The SMILES string of the molecule is C[C@@H](NC(=O)Cc1n[nH]c(=O)c2ccccc12)[C@H]1CCCO1. The van der Waals surface area contributed by atoms with Crippen molar-refractivity contribution >= 4 is 16.7 Å². The molecule has 2 aromatic rings. The molecule has 3 rings (SSSR count). The van der Waals surface area contributed by atoms with Crippen LogP contribution in [0.1, 0.15) is 25.5 Å². The summed E-state index contributed by atoms with van der Waals surface area (Å²) in [5, 5.41) is 10.7. The molecule has 1 fully saturated rings. The van der Waals surface area contributed by atoms with Crippen molar-refractivity contribution in [2.24, 2.45) is 0 Å². The molecule has 2 heterocycles. The third kappa shape index (κ3) is 3.01. The standard InChI is InChI=1S/C16H19N3O3/c1-10(14-7-4-8-22-14)17-15(20)9-13-11-5-2-3-6-12(11)16(21)19-18-13/h2-3,5-6,10,14H,4,7-9H2,1H3,(H,17,20)(H,19,21)/t10-,14-/m1/s1. The summed E-state index contributed by atoms with van der Waals surface area (Å²) in [6.45, 7) is 2.71. The summed E-state index contributed by atoms with van der Waals surface area (Å²) in [6.07, 6.45) is 2.23. The second kappa shape index (κ2) is 6.27. The fourth-order valence-electron chi connectivity index (χ4n) is 2.85. The van der Waals surface area contributed by atoms with Crippen LogP contribution in [0.15, 0.2) is 29.1 Å². The number of nitrogens with one attached hydrogen (secondary N) is 2. The highest BCUT2D eigenvalue weighted by Gasteiger charge is 2.24. The van der Waals surface area contributed by atoms with E-state index in [0.29, 0.717) is 16.5 Å². The molecule has 1 aliphatic heterocycles. The fourth-order valence-corrected chi connectivity index (χ4v) is 2.85. The number of aromatic nitrogens is 2. The molecule has 1 saturated heterocycles. The molecule has 6 heteroatoms. The smallest absolute Gasteiger partial charge is 0.272 e. The summed E-state index contributed by atoms with van der Waals surface area (Å²) in [6, 6.07) is 7.14. The van der Waals surface area contributed by atoms with Gasteiger partial charge in [-0.15, -0.1) is 0 Å². The molecule has 0 radical (unpaired) electrons. The zero-order chi connectivity index (χ0) is 15.5. The number of fused-ring (bicyclic) bond motifs is 1. The number of aromatic amines is 1. The number of benzene rings is 1. The van der Waals surface area contributed by atoms with Crippen LogP contribution in [-0.2, 0) is 16.0 Å². The van der Waals surface area contributed by atoms with E-state index < -0.39 is 0 Å². The maximum atomic E-state index is 12.2. The summed E-state index contributed by atoms with van der Waals surface area (Å²) >= 11 is 0. The number of ether oxygens (including phenoxy) is 1. The molecule has 1 aromatic carbocycles. The molecule has 6 nitrogen and oxygen atoms in total. The highest BCUT2D eigenvalue weighted by molar-refractivity contribution is 5.88. The van der Waals surface area contributed by atoms with Gasteiger partial charge in [-0.3, -0.25) is 9.59 Å². The topological polar surface area (TPSA) is 84.1 Å². The van der Waals surface area contributed by atoms with Gasteiger partial charge in [0.2, 0.25) is 5.91 Å². The minimum absolute atomic E-state index is 0.0241. The van der Waals surface area contributed by atoms with Gasteiger partial charge >= 0.3 is 0 Å². The van der Waals surface area contributed by atoms with Crippen LogP contribution in [-0.4, -0.2) is 34.9 Å². The van der Waals surface area contributed by atoms with E-state index in [1.54, 1.807) is 12.1 Å². The predicted molar refractivity (Wildman–Crippen MR) is 82.6 cm³/mol. The molecule has 0 unspecified atom stereocenters. The van der Waals surface area contributed by atoms with Crippen LogP contribution in [0, 0.1) is 0 Å². The molecule has 0 bridgehead atoms. The van der Waals surface area contributed by atoms with Gasteiger partial charge in [-0.2, -0.15) is 5.10 Å². The first-order valence-corrected chi connectivity index (χ1v) is 7.52. The number of hydrogen-bond acceptors (Lipinski definition) is 4. The number of amides is 1. The van der Waals surface area contributed by atoms with E-state index in [0.717, 1.165) is 19.4 Å². The Morgan fingerprint density at radius 3 is 2.95 bits per heavy atom. The minimum atomic E-state index is -0.243. The van der Waals surface area contributed by atoms with E-state index in [2.05, 4.69) is 15.5 Å². The number of hydrogen-bond donors (Lipinski definition) is 2. The van der Waals surface area contributed by atoms with E-state index >= 15 is 0 Å². The average Bonchev–Trinajstić information content (AvgIpc) is 3.05. The molecule has 0 saturated carbocycles. The fraction of sp³-hybridized carbons (Fsp3) is 0.438. The number of H-pyrrole nitrogens is 1. The van der Waals surface area contributed by atoms with Gasteiger partial charge in [-0.05, 0) is 25.8 Å². The first-order valence-electron chi connectivity index (χ1n) is 7.52. The number of rotatable bonds is 4. The van der Waals surface area contributed by atoms with Gasteiger partial charge < -0.3 is 10.1 Å². The maximum Gasteiger partial charge on any atom is 0.272 e. The Balaban J connectivity index is 1.74. The van der Waals surface area contributed by atoms with E-state index in [-0.39, 0.29) is 30.0 Å². The molecule has 0 spiro atoms. The third-order valence-electron chi connectivity index (χ3n) is 4.01. The molecule has 1 aliphatic rings. The van der Waals surface area contributed by atoms with Gasteiger partial charge in [0.15, 0.2) is 0 Å². The van der Waals surface area contributed by atoms with Gasteiger partial charge in [-0.25, -0.2) is 5.10 Å². The van der Waals surface area contributed by atoms with E-state index in [1.807, 2.05) is 19.1 Å². The largest absolute Gasteiger partial charge is 0.376 e. The Bertz CT molecular complexity index is 735. The van der Waals surface area contributed by atoms with Crippen molar-refractivity contribution in [2.75, 3.05) is 6.61 Å². The van der Waals surface area contributed by atoms with Crippen molar-refractivity contribution < 1.29 is 9.53 Å². The van der Waals surface area contributed by atoms with Crippen molar-refractivity contribution in [3.8, 4) is 0 Å². The predicted octanol–water partition coefficient (Wildman–Crippen LogP) is 1.15. The molecule has 1 amide bonds. The summed E-state index contributed by atoms with van der Waals surface area (Å²) in [5.41, 5.74) is 0.333. The van der Waals surface area contributed by atoms with Gasteiger partial charge in [0, 0.05) is 12.0 Å². The lowest BCUT2D eigenvalue weighted by Gasteiger charge is -2.19. The molecular formula is C16H19N3O3. The molecule has 1 aromatic heterocycles. The van der Waals surface area contributed by atoms with Gasteiger partial charge in [-0.1, -0.05) is 18.2 Å². The molecule has 2 atom stereocenters. The maximum absolute atomic E-state index is 12.2. The van der Waals surface area contributed by atoms with Crippen molar-refractivity contribution in [2.45, 2.75) is 38.3 Å². The summed E-state index contributed by atoms with van der Waals surface area (Å²) in [5.74, 6) is -0.118. The van der Waals surface area contributed by atoms with Gasteiger partial charge in [0.1, 0.15) is 0 Å². The first-order chi connectivity index (χ1) is 10.6. The lowest BCUT2D eigenvalue weighted by atomic mass is 10.1. The van der Waals surface area contributed by atoms with E-state index in [4.69, 9.17) is 4.74 Å². The van der Waals surface area contributed by atoms with Crippen LogP contribution in [0.5, 0.6) is 0 Å². The molecule has 22 heavy (non-hydrogen) atoms. The van der Waals surface area contributed by atoms with E-state index in [9.17, 15) is 9.59 Å². The average molecular weight is 301 g/mol. The normalized spacial score (nSPS) is 19.2. The lowest BCUT2D eigenvalue weighted by Crippen LogP contribution is -2.41. The Morgan fingerprint density at radius 2 is 2.23 bits per heavy atom. The van der Waals surface area contributed by atoms with Crippen molar-refractivity contribution in [3.05, 3.63) is 40.3 Å². The summed E-state index contributed by atoms with van der Waals surface area (Å²) in [7, 11) is 0. The molecule has 2 N–H and O–H groups in total. The highest BCUT2D eigenvalue weighted by Crippen LogP contribution is 2.16. The van der Waals surface area contributed by atoms with Crippen LogP contribution in [0.25, 0.3) is 10.8 Å².